The fourth-order valence-electron chi connectivity index (χ4n) is 5.57. The minimum Gasteiger partial charge on any atom is -0.203 e. The molecule has 2 aliphatic rings. The topological polar surface area (TPSA) is 0 Å². The van der Waals surface area contributed by atoms with Crippen molar-refractivity contribution >= 4 is 0 Å². The van der Waals surface area contributed by atoms with Gasteiger partial charge in [-0.15, -0.1) is 6.58 Å². The Bertz CT molecular complexity index is 619. The van der Waals surface area contributed by atoms with E-state index in [1.54, 1.807) is 6.07 Å². The first kappa shape index (κ1) is 20.6. The minimum atomic E-state index is -0.624. The Morgan fingerprint density at radius 1 is 1.00 bits per heavy atom. The quantitative estimate of drug-likeness (QED) is 0.445. The highest BCUT2D eigenvalue weighted by Gasteiger charge is 2.30. The molecule has 0 aliphatic heterocycles. The van der Waals surface area contributed by atoms with Gasteiger partial charge in [0.05, 0.1) is 0 Å². The third-order valence-electron chi connectivity index (χ3n) is 7.52. The lowest BCUT2D eigenvalue weighted by atomic mass is 9.70. The summed E-state index contributed by atoms with van der Waals surface area (Å²) in [4.78, 5) is 0. The van der Waals surface area contributed by atoms with Crippen molar-refractivity contribution in [3.8, 4) is 0 Å². The van der Waals surface area contributed by atoms with Crippen molar-refractivity contribution in [2.75, 3.05) is 0 Å². The molecule has 3 rings (SSSR count). The van der Waals surface area contributed by atoms with Gasteiger partial charge in [-0.3, -0.25) is 0 Å². The van der Waals surface area contributed by atoms with Crippen molar-refractivity contribution in [1.82, 2.24) is 0 Å². The molecule has 0 amide bonds. The second-order valence-corrected chi connectivity index (χ2v) is 9.14. The Hall–Kier alpha value is -1.18. The third kappa shape index (κ3) is 4.81. The Morgan fingerprint density at radius 3 is 2.26 bits per heavy atom. The van der Waals surface area contributed by atoms with E-state index in [1.165, 1.54) is 32.1 Å². The normalized spacial score (nSPS) is 30.1. The highest BCUT2D eigenvalue weighted by Crippen LogP contribution is 2.43. The number of benzene rings is 1. The van der Waals surface area contributed by atoms with E-state index in [0.717, 1.165) is 49.4 Å². The van der Waals surface area contributed by atoms with Crippen molar-refractivity contribution < 1.29 is 8.78 Å². The van der Waals surface area contributed by atoms with E-state index in [0.29, 0.717) is 17.5 Å². The number of aryl methyl sites for hydroxylation is 1. The minimum absolute atomic E-state index is 0.192. The highest BCUT2D eigenvalue weighted by molar-refractivity contribution is 5.29. The van der Waals surface area contributed by atoms with Crippen molar-refractivity contribution in [3.05, 3.63) is 47.5 Å². The summed E-state index contributed by atoms with van der Waals surface area (Å²) in [6, 6.07) is 3.62. The molecule has 2 saturated carbocycles. The molecule has 2 fully saturated rings. The van der Waals surface area contributed by atoms with Gasteiger partial charge in [-0.25, -0.2) is 8.78 Å². The van der Waals surface area contributed by atoms with Gasteiger partial charge in [0.2, 0.25) is 0 Å². The van der Waals surface area contributed by atoms with Crippen LogP contribution in [0.4, 0.5) is 8.78 Å². The fraction of sp³-hybridized carbons (Fsp3) is 0.680. The van der Waals surface area contributed by atoms with Crippen molar-refractivity contribution in [1.29, 1.82) is 0 Å². The van der Waals surface area contributed by atoms with E-state index >= 15 is 0 Å². The molecule has 0 spiro atoms. The van der Waals surface area contributed by atoms with E-state index in [1.807, 2.05) is 13.0 Å². The van der Waals surface area contributed by atoms with Crippen LogP contribution < -0.4 is 0 Å². The molecule has 2 aliphatic carbocycles. The standard InChI is InChI=1S/C25H36F2/c1-4-18-6-8-19(9-7-18)16-17(3)21-10-12-22(13-11-21)23-15-14-20(5-2)24(26)25(23)27/h4,14-15,17-19,21-22H,1,5-13,16H2,2-3H3. The van der Waals surface area contributed by atoms with Crippen LogP contribution in [-0.2, 0) is 6.42 Å². The maximum absolute atomic E-state index is 14.5. The Morgan fingerprint density at radius 2 is 1.67 bits per heavy atom. The van der Waals surface area contributed by atoms with Crippen LogP contribution in [0.5, 0.6) is 0 Å². The van der Waals surface area contributed by atoms with Gasteiger partial charge < -0.3 is 0 Å². The molecule has 1 unspecified atom stereocenters. The number of hydrogen-bond donors (Lipinski definition) is 0. The summed E-state index contributed by atoms with van der Waals surface area (Å²) >= 11 is 0. The average molecular weight is 375 g/mol. The van der Waals surface area contributed by atoms with Gasteiger partial charge in [0.25, 0.3) is 0 Å². The molecule has 1 aromatic rings. The van der Waals surface area contributed by atoms with E-state index in [2.05, 4.69) is 19.6 Å². The molecule has 1 atom stereocenters. The Labute approximate surface area is 164 Å². The molecular weight excluding hydrogens is 338 g/mol. The lowest BCUT2D eigenvalue weighted by Crippen LogP contribution is -2.23. The van der Waals surface area contributed by atoms with Crippen LogP contribution in [-0.4, -0.2) is 0 Å². The largest absolute Gasteiger partial charge is 0.203 e. The Balaban J connectivity index is 1.51. The van der Waals surface area contributed by atoms with Crippen LogP contribution in [0.15, 0.2) is 24.8 Å². The molecule has 2 heteroatoms. The summed E-state index contributed by atoms with van der Waals surface area (Å²) in [6.07, 6.45) is 13.7. The summed E-state index contributed by atoms with van der Waals surface area (Å²) in [5, 5.41) is 0. The SMILES string of the molecule is C=CC1CCC(CC(C)C2CCC(c3ccc(CC)c(F)c3F)CC2)CC1. The highest BCUT2D eigenvalue weighted by atomic mass is 19.2. The smallest absolute Gasteiger partial charge is 0.162 e. The van der Waals surface area contributed by atoms with Crippen LogP contribution in [0.2, 0.25) is 0 Å². The lowest BCUT2D eigenvalue weighted by molar-refractivity contribution is 0.186. The summed E-state index contributed by atoms with van der Waals surface area (Å²) in [5.41, 5.74) is 1.10. The second-order valence-electron chi connectivity index (χ2n) is 9.14. The van der Waals surface area contributed by atoms with Gasteiger partial charge in [-0.1, -0.05) is 32.1 Å². The molecule has 0 radical (unpaired) electrons. The first-order valence-corrected chi connectivity index (χ1v) is 11.1. The molecule has 0 bridgehead atoms. The molecular formula is C25H36F2. The summed E-state index contributed by atoms with van der Waals surface area (Å²) in [5.74, 6) is 2.09. The van der Waals surface area contributed by atoms with Crippen LogP contribution in [0.3, 0.4) is 0 Å². The van der Waals surface area contributed by atoms with E-state index < -0.39 is 11.6 Å². The van der Waals surface area contributed by atoms with Crippen molar-refractivity contribution in [3.63, 3.8) is 0 Å². The van der Waals surface area contributed by atoms with E-state index in [-0.39, 0.29) is 5.92 Å². The number of rotatable bonds is 6. The molecule has 0 nitrogen and oxygen atoms in total. The van der Waals surface area contributed by atoms with Crippen molar-refractivity contribution in [2.24, 2.45) is 23.7 Å². The van der Waals surface area contributed by atoms with Crippen LogP contribution in [0.25, 0.3) is 0 Å². The molecule has 27 heavy (non-hydrogen) atoms. The van der Waals surface area contributed by atoms with Gasteiger partial charge in [-0.05, 0) is 105 Å². The van der Waals surface area contributed by atoms with Gasteiger partial charge in [0.15, 0.2) is 11.6 Å². The lowest BCUT2D eigenvalue weighted by Gasteiger charge is -2.35. The number of allylic oxidation sites excluding steroid dienone is 1. The molecule has 0 heterocycles. The molecule has 150 valence electrons. The number of halogens is 2. The predicted molar refractivity (Wildman–Crippen MR) is 110 cm³/mol. The molecule has 0 aromatic heterocycles. The van der Waals surface area contributed by atoms with Crippen LogP contribution in [0.1, 0.15) is 88.7 Å². The monoisotopic (exact) mass is 374 g/mol. The Kier molecular flexibility index (Phi) is 7.11. The average Bonchev–Trinajstić information content (AvgIpc) is 2.70. The number of hydrogen-bond acceptors (Lipinski definition) is 0. The van der Waals surface area contributed by atoms with Crippen LogP contribution >= 0.6 is 0 Å². The summed E-state index contributed by atoms with van der Waals surface area (Å²) in [7, 11) is 0. The van der Waals surface area contributed by atoms with Crippen molar-refractivity contribution in [2.45, 2.75) is 84.0 Å². The predicted octanol–water partition coefficient (Wildman–Crippen LogP) is 7.82. The summed E-state index contributed by atoms with van der Waals surface area (Å²) in [6.45, 7) is 8.23. The van der Waals surface area contributed by atoms with E-state index in [9.17, 15) is 8.78 Å². The fourth-order valence-corrected chi connectivity index (χ4v) is 5.57. The first-order valence-electron chi connectivity index (χ1n) is 11.1. The third-order valence-corrected chi connectivity index (χ3v) is 7.52. The maximum atomic E-state index is 14.5. The first-order chi connectivity index (χ1) is 13.0. The van der Waals surface area contributed by atoms with Gasteiger partial charge in [0, 0.05) is 0 Å². The maximum Gasteiger partial charge on any atom is 0.162 e. The molecule has 1 aromatic carbocycles. The second kappa shape index (κ2) is 9.34. The van der Waals surface area contributed by atoms with Gasteiger partial charge in [0.1, 0.15) is 0 Å². The van der Waals surface area contributed by atoms with Gasteiger partial charge in [-0.2, -0.15) is 0 Å². The summed E-state index contributed by atoms with van der Waals surface area (Å²) < 4.78 is 28.6. The zero-order valence-electron chi connectivity index (χ0n) is 17.2. The zero-order valence-corrected chi connectivity index (χ0v) is 17.2. The van der Waals surface area contributed by atoms with E-state index in [4.69, 9.17) is 0 Å². The van der Waals surface area contributed by atoms with Crippen LogP contribution in [0, 0.1) is 35.3 Å². The molecule has 0 N–H and O–H groups in total. The molecule has 0 saturated heterocycles. The zero-order chi connectivity index (χ0) is 19.4. The van der Waals surface area contributed by atoms with Gasteiger partial charge >= 0.3 is 0 Å².